The summed E-state index contributed by atoms with van der Waals surface area (Å²) in [5.41, 5.74) is 0.477. The molecule has 112 valence electrons. The Morgan fingerprint density at radius 2 is 2.00 bits per heavy atom. The molecule has 1 aromatic rings. The van der Waals surface area contributed by atoms with Crippen LogP contribution in [0.5, 0.6) is 0 Å². The Hall–Kier alpha value is -1.43. The van der Waals surface area contributed by atoms with E-state index in [0.29, 0.717) is 11.7 Å². The maximum atomic E-state index is 12.4. The molecular formula is C14H25N5O. The maximum absolute atomic E-state index is 12.4. The van der Waals surface area contributed by atoms with Gasteiger partial charge < -0.3 is 10.2 Å². The van der Waals surface area contributed by atoms with Gasteiger partial charge in [0.05, 0.1) is 12.2 Å². The summed E-state index contributed by atoms with van der Waals surface area (Å²) >= 11 is 0. The monoisotopic (exact) mass is 279 g/mol. The molecule has 0 bridgehead atoms. The third-order valence-corrected chi connectivity index (χ3v) is 3.69. The normalized spacial score (nSPS) is 16.3. The summed E-state index contributed by atoms with van der Waals surface area (Å²) in [6.07, 6.45) is 5.84. The number of carbonyl (C=O) groups excluding carboxylic acids is 1. The van der Waals surface area contributed by atoms with Gasteiger partial charge in [0.2, 0.25) is 0 Å². The first-order valence-corrected chi connectivity index (χ1v) is 7.68. The van der Waals surface area contributed by atoms with E-state index in [1.807, 2.05) is 15.8 Å². The molecule has 20 heavy (non-hydrogen) atoms. The van der Waals surface area contributed by atoms with Crippen molar-refractivity contribution in [2.75, 3.05) is 26.2 Å². The summed E-state index contributed by atoms with van der Waals surface area (Å²) in [4.78, 5) is 14.3. The average molecular weight is 279 g/mol. The minimum atomic E-state index is 0.00823. The standard InChI is InChI=1S/C14H25N5O/c1-3-9-18(10-4-2)14(20)13-11-19(17-16-13)12-5-7-15-8-6-12/h11-12,15H,3-10H2,1-2H3. The van der Waals surface area contributed by atoms with Crippen LogP contribution in [0, 0.1) is 0 Å². The van der Waals surface area contributed by atoms with Gasteiger partial charge in [-0.2, -0.15) is 0 Å². The van der Waals surface area contributed by atoms with Crippen LogP contribution in [0.2, 0.25) is 0 Å². The van der Waals surface area contributed by atoms with Crippen LogP contribution in [-0.2, 0) is 0 Å². The quantitative estimate of drug-likeness (QED) is 0.856. The first-order chi connectivity index (χ1) is 9.76. The summed E-state index contributed by atoms with van der Waals surface area (Å²) in [6, 6.07) is 0.371. The fourth-order valence-electron chi connectivity index (χ4n) is 2.64. The van der Waals surface area contributed by atoms with Gasteiger partial charge in [0.15, 0.2) is 5.69 Å². The van der Waals surface area contributed by atoms with Crippen molar-refractivity contribution in [2.45, 2.75) is 45.6 Å². The first kappa shape index (κ1) is 15.0. The number of hydrogen-bond acceptors (Lipinski definition) is 4. The molecule has 0 atom stereocenters. The van der Waals surface area contributed by atoms with Crippen LogP contribution in [0.15, 0.2) is 6.20 Å². The van der Waals surface area contributed by atoms with Crippen molar-refractivity contribution in [3.05, 3.63) is 11.9 Å². The van der Waals surface area contributed by atoms with Gasteiger partial charge in [0.1, 0.15) is 0 Å². The second-order valence-electron chi connectivity index (χ2n) is 5.36. The molecule has 2 heterocycles. The zero-order valence-electron chi connectivity index (χ0n) is 12.5. The lowest BCUT2D eigenvalue weighted by atomic mass is 10.1. The second kappa shape index (κ2) is 7.38. The van der Waals surface area contributed by atoms with Crippen molar-refractivity contribution in [3.63, 3.8) is 0 Å². The zero-order chi connectivity index (χ0) is 14.4. The minimum Gasteiger partial charge on any atom is -0.337 e. The van der Waals surface area contributed by atoms with Gasteiger partial charge in [-0.15, -0.1) is 5.10 Å². The molecule has 1 aliphatic rings. The van der Waals surface area contributed by atoms with Gasteiger partial charge in [-0.25, -0.2) is 4.68 Å². The van der Waals surface area contributed by atoms with Crippen LogP contribution in [0.3, 0.4) is 0 Å². The molecule has 6 heteroatoms. The summed E-state index contributed by atoms with van der Waals surface area (Å²) < 4.78 is 1.87. The van der Waals surface area contributed by atoms with Gasteiger partial charge in [0.25, 0.3) is 5.91 Å². The SMILES string of the molecule is CCCN(CCC)C(=O)c1cn(C2CCNCC2)nn1. The predicted molar refractivity (Wildman–Crippen MR) is 77.6 cm³/mol. The molecule has 1 fully saturated rings. The maximum Gasteiger partial charge on any atom is 0.276 e. The van der Waals surface area contributed by atoms with Crippen molar-refractivity contribution < 1.29 is 4.79 Å². The fraction of sp³-hybridized carbons (Fsp3) is 0.786. The molecular weight excluding hydrogens is 254 g/mol. The average Bonchev–Trinajstić information content (AvgIpc) is 2.97. The number of piperidine rings is 1. The first-order valence-electron chi connectivity index (χ1n) is 7.68. The van der Waals surface area contributed by atoms with Crippen LogP contribution in [0.4, 0.5) is 0 Å². The minimum absolute atomic E-state index is 0.00823. The molecule has 1 N–H and O–H groups in total. The Labute approximate surface area is 120 Å². The van der Waals surface area contributed by atoms with E-state index in [1.54, 1.807) is 0 Å². The molecule has 1 aliphatic heterocycles. The number of hydrogen-bond donors (Lipinski definition) is 1. The molecule has 0 aromatic carbocycles. The van der Waals surface area contributed by atoms with Gasteiger partial charge in [-0.05, 0) is 38.8 Å². The van der Waals surface area contributed by atoms with Crippen molar-refractivity contribution in [2.24, 2.45) is 0 Å². The van der Waals surface area contributed by atoms with E-state index in [1.165, 1.54) is 0 Å². The molecule has 0 aliphatic carbocycles. The van der Waals surface area contributed by atoms with Gasteiger partial charge in [0, 0.05) is 13.1 Å². The summed E-state index contributed by atoms with van der Waals surface area (Å²) in [5.74, 6) is 0.00823. The van der Waals surface area contributed by atoms with Crippen LogP contribution in [0.1, 0.15) is 56.1 Å². The molecule has 0 saturated carbocycles. The van der Waals surface area contributed by atoms with Crippen LogP contribution < -0.4 is 5.32 Å². The number of aromatic nitrogens is 3. The van der Waals surface area contributed by atoms with Crippen LogP contribution >= 0.6 is 0 Å². The lowest BCUT2D eigenvalue weighted by molar-refractivity contribution is 0.0749. The Morgan fingerprint density at radius 3 is 2.60 bits per heavy atom. The number of nitrogens with one attached hydrogen (secondary N) is 1. The number of carbonyl (C=O) groups is 1. The Morgan fingerprint density at radius 1 is 1.35 bits per heavy atom. The molecule has 0 spiro atoms. The molecule has 1 amide bonds. The third kappa shape index (κ3) is 3.56. The van der Waals surface area contributed by atoms with E-state index in [2.05, 4.69) is 29.5 Å². The highest BCUT2D eigenvalue weighted by Gasteiger charge is 2.21. The Bertz CT molecular complexity index is 419. The molecule has 2 rings (SSSR count). The zero-order valence-corrected chi connectivity index (χ0v) is 12.5. The Kier molecular flexibility index (Phi) is 5.52. The van der Waals surface area contributed by atoms with Crippen molar-refractivity contribution in [1.82, 2.24) is 25.2 Å². The highest BCUT2D eigenvalue weighted by Crippen LogP contribution is 2.17. The van der Waals surface area contributed by atoms with Crippen molar-refractivity contribution >= 4 is 5.91 Å². The molecule has 1 saturated heterocycles. The summed E-state index contributed by atoms with van der Waals surface area (Å²) in [5, 5.41) is 11.6. The van der Waals surface area contributed by atoms with E-state index in [4.69, 9.17) is 0 Å². The third-order valence-electron chi connectivity index (χ3n) is 3.69. The van der Waals surface area contributed by atoms with Gasteiger partial charge >= 0.3 is 0 Å². The van der Waals surface area contributed by atoms with E-state index >= 15 is 0 Å². The van der Waals surface area contributed by atoms with E-state index < -0.39 is 0 Å². The van der Waals surface area contributed by atoms with Crippen molar-refractivity contribution in [3.8, 4) is 0 Å². The molecule has 0 unspecified atom stereocenters. The van der Waals surface area contributed by atoms with E-state index in [0.717, 1.165) is 51.9 Å². The lowest BCUT2D eigenvalue weighted by Crippen LogP contribution is -2.32. The second-order valence-corrected chi connectivity index (χ2v) is 5.36. The fourth-order valence-corrected chi connectivity index (χ4v) is 2.64. The summed E-state index contributed by atoms with van der Waals surface area (Å²) in [6.45, 7) is 7.75. The topological polar surface area (TPSA) is 63.1 Å². The molecule has 0 radical (unpaired) electrons. The van der Waals surface area contributed by atoms with Crippen LogP contribution in [-0.4, -0.2) is 52.0 Å². The smallest absolute Gasteiger partial charge is 0.276 e. The lowest BCUT2D eigenvalue weighted by Gasteiger charge is -2.22. The largest absolute Gasteiger partial charge is 0.337 e. The van der Waals surface area contributed by atoms with Crippen LogP contribution in [0.25, 0.3) is 0 Å². The van der Waals surface area contributed by atoms with Gasteiger partial charge in [-0.1, -0.05) is 19.1 Å². The molecule has 6 nitrogen and oxygen atoms in total. The summed E-state index contributed by atoms with van der Waals surface area (Å²) in [7, 11) is 0. The Balaban J connectivity index is 2.04. The van der Waals surface area contributed by atoms with E-state index in [-0.39, 0.29) is 5.91 Å². The highest BCUT2D eigenvalue weighted by atomic mass is 16.2. The number of amides is 1. The number of rotatable bonds is 6. The van der Waals surface area contributed by atoms with Crippen molar-refractivity contribution in [1.29, 1.82) is 0 Å². The van der Waals surface area contributed by atoms with Gasteiger partial charge in [-0.3, -0.25) is 4.79 Å². The highest BCUT2D eigenvalue weighted by molar-refractivity contribution is 5.91. The predicted octanol–water partition coefficient (Wildman–Crippen LogP) is 1.46. The molecule has 1 aromatic heterocycles. The van der Waals surface area contributed by atoms with E-state index in [9.17, 15) is 4.79 Å². The number of nitrogens with zero attached hydrogens (tertiary/aromatic N) is 4.